The van der Waals surface area contributed by atoms with Gasteiger partial charge in [-0.15, -0.1) is 0 Å². The zero-order chi connectivity index (χ0) is 12.5. The van der Waals surface area contributed by atoms with Crippen LogP contribution >= 0.6 is 11.6 Å². The van der Waals surface area contributed by atoms with Crippen molar-refractivity contribution in [2.45, 2.75) is 26.3 Å². The zero-order valence-electron chi connectivity index (χ0n) is 10.2. The van der Waals surface area contributed by atoms with E-state index in [1.54, 1.807) is 12.1 Å². The molecule has 0 heterocycles. The van der Waals surface area contributed by atoms with E-state index in [2.05, 4.69) is 12.2 Å². The highest BCUT2D eigenvalue weighted by Crippen LogP contribution is 2.23. The molecule has 0 aliphatic carbocycles. The van der Waals surface area contributed by atoms with E-state index in [9.17, 15) is 5.11 Å². The van der Waals surface area contributed by atoms with Crippen molar-refractivity contribution in [3.8, 4) is 5.75 Å². The lowest BCUT2D eigenvalue weighted by Gasteiger charge is -2.06. The van der Waals surface area contributed by atoms with E-state index in [0.29, 0.717) is 5.02 Å². The van der Waals surface area contributed by atoms with Crippen LogP contribution in [0.3, 0.4) is 0 Å². The molecule has 0 fully saturated rings. The van der Waals surface area contributed by atoms with E-state index in [4.69, 9.17) is 16.3 Å². The minimum absolute atomic E-state index is 0.128. The Bertz CT molecular complexity index is 331. The molecule has 3 nitrogen and oxygen atoms in total. The van der Waals surface area contributed by atoms with Crippen molar-refractivity contribution < 1.29 is 9.84 Å². The number of ether oxygens (including phenoxy) is 1. The summed E-state index contributed by atoms with van der Waals surface area (Å²) in [4.78, 5) is 0. The average molecular weight is 258 g/mol. The van der Waals surface area contributed by atoms with E-state index in [0.717, 1.165) is 44.7 Å². The standard InChI is InChI=1S/C13H20ClNO2/c1-2-7-17-8-3-6-15-10-11-4-5-13(16)12(14)9-11/h4-5,9,15-16H,2-3,6-8,10H2,1H3. The molecular formula is C13H20ClNO2. The van der Waals surface area contributed by atoms with E-state index in [1.807, 2.05) is 6.07 Å². The number of aromatic hydroxyl groups is 1. The Hall–Kier alpha value is -0.770. The Balaban J connectivity index is 2.11. The zero-order valence-corrected chi connectivity index (χ0v) is 11.0. The molecule has 0 amide bonds. The van der Waals surface area contributed by atoms with Crippen LogP contribution < -0.4 is 5.32 Å². The maximum atomic E-state index is 9.27. The number of phenols is 1. The third kappa shape index (κ3) is 5.91. The number of rotatable bonds is 8. The molecule has 1 rings (SSSR count). The molecule has 2 N–H and O–H groups in total. The molecule has 0 aliphatic heterocycles. The van der Waals surface area contributed by atoms with Gasteiger partial charge in [0.25, 0.3) is 0 Å². The molecule has 0 saturated heterocycles. The molecule has 17 heavy (non-hydrogen) atoms. The summed E-state index contributed by atoms with van der Waals surface area (Å²) in [5.41, 5.74) is 1.07. The first-order valence-corrected chi connectivity index (χ1v) is 6.37. The van der Waals surface area contributed by atoms with Gasteiger partial charge in [-0.2, -0.15) is 0 Å². The van der Waals surface area contributed by atoms with E-state index in [-0.39, 0.29) is 5.75 Å². The van der Waals surface area contributed by atoms with Crippen molar-refractivity contribution in [2.24, 2.45) is 0 Å². The van der Waals surface area contributed by atoms with Crippen LogP contribution in [0.1, 0.15) is 25.3 Å². The number of benzene rings is 1. The second-order valence-corrected chi connectivity index (χ2v) is 4.34. The Morgan fingerprint density at radius 2 is 2.18 bits per heavy atom. The van der Waals surface area contributed by atoms with Crippen LogP contribution in [0.2, 0.25) is 5.02 Å². The van der Waals surface area contributed by atoms with Gasteiger partial charge < -0.3 is 15.2 Å². The van der Waals surface area contributed by atoms with Gasteiger partial charge in [0.15, 0.2) is 0 Å². The fraction of sp³-hybridized carbons (Fsp3) is 0.538. The number of hydrogen-bond acceptors (Lipinski definition) is 3. The highest BCUT2D eigenvalue weighted by Gasteiger charge is 1.99. The normalized spacial score (nSPS) is 10.7. The van der Waals surface area contributed by atoms with Gasteiger partial charge in [0.05, 0.1) is 5.02 Å². The first kappa shape index (κ1) is 14.3. The van der Waals surface area contributed by atoms with Gasteiger partial charge in [-0.1, -0.05) is 24.6 Å². The third-order valence-corrected chi connectivity index (χ3v) is 2.63. The monoisotopic (exact) mass is 257 g/mol. The lowest BCUT2D eigenvalue weighted by Crippen LogP contribution is -2.16. The fourth-order valence-corrected chi connectivity index (χ4v) is 1.64. The predicted octanol–water partition coefficient (Wildman–Crippen LogP) is 2.95. The first-order chi connectivity index (χ1) is 8.24. The second kappa shape index (κ2) is 8.34. The second-order valence-electron chi connectivity index (χ2n) is 3.93. The molecule has 96 valence electrons. The van der Waals surface area contributed by atoms with Crippen LogP contribution in [-0.2, 0) is 11.3 Å². The molecule has 0 bridgehead atoms. The highest BCUT2D eigenvalue weighted by atomic mass is 35.5. The Labute approximate surface area is 108 Å². The minimum atomic E-state index is 0.128. The SMILES string of the molecule is CCCOCCCNCc1ccc(O)c(Cl)c1. The van der Waals surface area contributed by atoms with Crippen molar-refractivity contribution in [1.82, 2.24) is 5.32 Å². The molecule has 1 aromatic rings. The number of nitrogens with one attached hydrogen (secondary N) is 1. The highest BCUT2D eigenvalue weighted by molar-refractivity contribution is 6.32. The third-order valence-electron chi connectivity index (χ3n) is 2.33. The molecule has 0 atom stereocenters. The largest absolute Gasteiger partial charge is 0.506 e. The van der Waals surface area contributed by atoms with E-state index >= 15 is 0 Å². The van der Waals surface area contributed by atoms with Crippen molar-refractivity contribution >= 4 is 11.6 Å². The average Bonchev–Trinajstić information content (AvgIpc) is 2.32. The van der Waals surface area contributed by atoms with Gasteiger partial charge in [-0.3, -0.25) is 0 Å². The molecule has 4 heteroatoms. The van der Waals surface area contributed by atoms with Crippen LogP contribution in [0.25, 0.3) is 0 Å². The Morgan fingerprint density at radius 1 is 1.35 bits per heavy atom. The fourth-order valence-electron chi connectivity index (χ4n) is 1.44. The summed E-state index contributed by atoms with van der Waals surface area (Å²) in [5.74, 6) is 0.128. The van der Waals surface area contributed by atoms with Crippen LogP contribution in [0.5, 0.6) is 5.75 Å². The molecule has 0 saturated carbocycles. The van der Waals surface area contributed by atoms with E-state index < -0.39 is 0 Å². The summed E-state index contributed by atoms with van der Waals surface area (Å²) in [6.45, 7) is 5.42. The Morgan fingerprint density at radius 3 is 2.88 bits per heavy atom. The molecule has 0 radical (unpaired) electrons. The summed E-state index contributed by atoms with van der Waals surface area (Å²) in [6, 6.07) is 5.25. The summed E-state index contributed by atoms with van der Waals surface area (Å²) in [7, 11) is 0. The maximum Gasteiger partial charge on any atom is 0.134 e. The van der Waals surface area contributed by atoms with Crippen molar-refractivity contribution in [3.05, 3.63) is 28.8 Å². The number of phenolic OH excluding ortho intramolecular Hbond substituents is 1. The minimum Gasteiger partial charge on any atom is -0.506 e. The summed E-state index contributed by atoms with van der Waals surface area (Å²) >= 11 is 5.81. The van der Waals surface area contributed by atoms with Gasteiger partial charge in [0.2, 0.25) is 0 Å². The van der Waals surface area contributed by atoms with E-state index in [1.165, 1.54) is 0 Å². The lowest BCUT2D eigenvalue weighted by atomic mass is 10.2. The molecule has 0 unspecified atom stereocenters. The van der Waals surface area contributed by atoms with Crippen molar-refractivity contribution in [2.75, 3.05) is 19.8 Å². The first-order valence-electron chi connectivity index (χ1n) is 6.00. The lowest BCUT2D eigenvalue weighted by molar-refractivity contribution is 0.132. The quantitative estimate of drug-likeness (QED) is 0.704. The van der Waals surface area contributed by atoms with Gasteiger partial charge in [0.1, 0.15) is 5.75 Å². The van der Waals surface area contributed by atoms with Crippen LogP contribution in [0, 0.1) is 0 Å². The molecule has 1 aromatic carbocycles. The molecule has 0 aliphatic rings. The maximum absolute atomic E-state index is 9.27. The number of halogens is 1. The molecule has 0 spiro atoms. The topological polar surface area (TPSA) is 41.5 Å². The van der Waals surface area contributed by atoms with Gasteiger partial charge in [-0.05, 0) is 37.1 Å². The smallest absolute Gasteiger partial charge is 0.134 e. The van der Waals surface area contributed by atoms with Crippen LogP contribution in [0.4, 0.5) is 0 Å². The summed E-state index contributed by atoms with van der Waals surface area (Å²) < 4.78 is 5.38. The van der Waals surface area contributed by atoms with Gasteiger partial charge in [0, 0.05) is 19.8 Å². The van der Waals surface area contributed by atoms with Gasteiger partial charge in [-0.25, -0.2) is 0 Å². The van der Waals surface area contributed by atoms with Crippen LogP contribution in [-0.4, -0.2) is 24.9 Å². The summed E-state index contributed by atoms with van der Waals surface area (Å²) in [5, 5.41) is 13.0. The van der Waals surface area contributed by atoms with Crippen LogP contribution in [0.15, 0.2) is 18.2 Å². The van der Waals surface area contributed by atoms with Crippen molar-refractivity contribution in [3.63, 3.8) is 0 Å². The molecular weight excluding hydrogens is 238 g/mol. The molecule has 0 aromatic heterocycles. The number of hydrogen-bond donors (Lipinski definition) is 2. The summed E-state index contributed by atoms with van der Waals surface area (Å²) in [6.07, 6.45) is 2.07. The predicted molar refractivity (Wildman–Crippen MR) is 70.6 cm³/mol. The van der Waals surface area contributed by atoms with Gasteiger partial charge >= 0.3 is 0 Å². The Kier molecular flexibility index (Phi) is 7.01. The van der Waals surface area contributed by atoms with Crippen molar-refractivity contribution in [1.29, 1.82) is 0 Å².